The fraction of sp³-hybridized carbons (Fsp3) is 0.438. The summed E-state index contributed by atoms with van der Waals surface area (Å²) in [5.74, 6) is 1.71. The largest absolute Gasteiger partial charge is 0.357 e. The van der Waals surface area contributed by atoms with Crippen molar-refractivity contribution >= 4 is 15.8 Å². The molecular formula is C16H23N5O3S. The summed E-state index contributed by atoms with van der Waals surface area (Å²) in [5, 5.41) is 10.1. The zero-order valence-electron chi connectivity index (χ0n) is 14.6. The second kappa shape index (κ2) is 8.61. The van der Waals surface area contributed by atoms with Gasteiger partial charge in [-0.05, 0) is 38.0 Å². The Labute approximate surface area is 147 Å². The van der Waals surface area contributed by atoms with Gasteiger partial charge < -0.3 is 15.2 Å². The molecule has 0 saturated heterocycles. The SMILES string of the molecule is CCNC(=NCc1nc(C)no1)NCCc1ccc(S(C)(=O)=O)cc1. The van der Waals surface area contributed by atoms with E-state index in [0.29, 0.717) is 35.7 Å². The van der Waals surface area contributed by atoms with E-state index in [2.05, 4.69) is 25.8 Å². The third-order valence-corrected chi connectivity index (χ3v) is 4.47. The topological polar surface area (TPSA) is 109 Å². The number of hydrogen-bond acceptors (Lipinski definition) is 6. The highest BCUT2D eigenvalue weighted by atomic mass is 32.2. The average molecular weight is 365 g/mol. The summed E-state index contributed by atoms with van der Waals surface area (Å²) in [6.45, 7) is 5.44. The first-order chi connectivity index (χ1) is 11.9. The van der Waals surface area contributed by atoms with Gasteiger partial charge in [-0.2, -0.15) is 4.98 Å². The summed E-state index contributed by atoms with van der Waals surface area (Å²) in [4.78, 5) is 8.83. The third-order valence-electron chi connectivity index (χ3n) is 3.34. The Morgan fingerprint density at radius 1 is 1.24 bits per heavy atom. The molecule has 1 aromatic carbocycles. The molecular weight excluding hydrogens is 342 g/mol. The Hall–Kier alpha value is -2.42. The van der Waals surface area contributed by atoms with Crippen molar-refractivity contribution in [3.63, 3.8) is 0 Å². The molecule has 0 saturated carbocycles. The van der Waals surface area contributed by atoms with Gasteiger partial charge in [-0.25, -0.2) is 13.4 Å². The van der Waals surface area contributed by atoms with Crippen molar-refractivity contribution in [1.82, 2.24) is 20.8 Å². The van der Waals surface area contributed by atoms with Crippen molar-refractivity contribution in [2.75, 3.05) is 19.3 Å². The molecule has 136 valence electrons. The standard InChI is InChI=1S/C16H23N5O3S/c1-4-17-16(19-11-15-20-12(2)21-24-15)18-10-9-13-5-7-14(8-6-13)25(3,22)23/h5-8H,4,9-11H2,1-3H3,(H2,17,18,19). The van der Waals surface area contributed by atoms with Crippen LogP contribution < -0.4 is 10.6 Å². The molecule has 0 unspecified atom stereocenters. The van der Waals surface area contributed by atoms with Gasteiger partial charge in [-0.3, -0.25) is 0 Å². The van der Waals surface area contributed by atoms with Gasteiger partial charge in [0.2, 0.25) is 5.89 Å². The molecule has 0 aliphatic carbocycles. The number of rotatable bonds is 7. The molecule has 25 heavy (non-hydrogen) atoms. The zero-order chi connectivity index (χ0) is 18.3. The van der Waals surface area contributed by atoms with E-state index in [4.69, 9.17) is 4.52 Å². The molecule has 0 aliphatic heterocycles. The summed E-state index contributed by atoms with van der Waals surface area (Å²) in [7, 11) is -3.16. The quantitative estimate of drug-likeness (QED) is 0.558. The predicted molar refractivity (Wildman–Crippen MR) is 95.1 cm³/mol. The molecule has 0 spiro atoms. The maximum Gasteiger partial charge on any atom is 0.248 e. The molecule has 0 atom stereocenters. The normalized spacial score (nSPS) is 12.2. The Morgan fingerprint density at radius 3 is 2.52 bits per heavy atom. The number of benzene rings is 1. The van der Waals surface area contributed by atoms with Crippen LogP contribution >= 0.6 is 0 Å². The van der Waals surface area contributed by atoms with Crippen LogP contribution in [0.1, 0.15) is 24.2 Å². The van der Waals surface area contributed by atoms with Crippen molar-refractivity contribution in [2.45, 2.75) is 31.7 Å². The Morgan fingerprint density at radius 2 is 1.96 bits per heavy atom. The minimum Gasteiger partial charge on any atom is -0.357 e. The molecule has 2 aromatic rings. The van der Waals surface area contributed by atoms with Gasteiger partial charge in [0, 0.05) is 19.3 Å². The number of aryl methyl sites for hydroxylation is 1. The zero-order valence-corrected chi connectivity index (χ0v) is 15.4. The average Bonchev–Trinajstić information content (AvgIpc) is 2.98. The van der Waals surface area contributed by atoms with E-state index in [1.54, 1.807) is 19.1 Å². The summed E-state index contributed by atoms with van der Waals surface area (Å²) in [6.07, 6.45) is 1.95. The Kier molecular flexibility index (Phi) is 6.51. The molecule has 2 N–H and O–H groups in total. The Bertz CT molecular complexity index is 813. The molecule has 0 bridgehead atoms. The van der Waals surface area contributed by atoms with E-state index in [1.807, 2.05) is 19.1 Å². The van der Waals surface area contributed by atoms with E-state index >= 15 is 0 Å². The van der Waals surface area contributed by atoms with E-state index < -0.39 is 9.84 Å². The van der Waals surface area contributed by atoms with Crippen LogP contribution in [0.3, 0.4) is 0 Å². The highest BCUT2D eigenvalue weighted by Gasteiger charge is 2.06. The molecule has 2 rings (SSSR count). The summed E-state index contributed by atoms with van der Waals surface area (Å²) in [6, 6.07) is 6.90. The third kappa shape index (κ3) is 6.18. The smallest absolute Gasteiger partial charge is 0.248 e. The Balaban J connectivity index is 1.88. The maximum atomic E-state index is 11.5. The van der Waals surface area contributed by atoms with Gasteiger partial charge in [0.05, 0.1) is 4.90 Å². The van der Waals surface area contributed by atoms with Gasteiger partial charge in [0.25, 0.3) is 0 Å². The van der Waals surface area contributed by atoms with Crippen molar-refractivity contribution in [2.24, 2.45) is 4.99 Å². The van der Waals surface area contributed by atoms with Crippen LogP contribution in [0.4, 0.5) is 0 Å². The second-order valence-electron chi connectivity index (χ2n) is 5.52. The van der Waals surface area contributed by atoms with Gasteiger partial charge in [-0.1, -0.05) is 17.3 Å². The van der Waals surface area contributed by atoms with Crippen LogP contribution in [0.25, 0.3) is 0 Å². The van der Waals surface area contributed by atoms with Crippen molar-refractivity contribution in [1.29, 1.82) is 0 Å². The molecule has 0 amide bonds. The van der Waals surface area contributed by atoms with E-state index in [0.717, 1.165) is 18.5 Å². The van der Waals surface area contributed by atoms with Crippen LogP contribution in [-0.2, 0) is 22.8 Å². The molecule has 0 fully saturated rings. The van der Waals surface area contributed by atoms with Crippen molar-refractivity contribution in [3.05, 3.63) is 41.5 Å². The molecule has 9 heteroatoms. The molecule has 0 radical (unpaired) electrons. The number of guanidine groups is 1. The number of nitrogens with one attached hydrogen (secondary N) is 2. The number of nitrogens with zero attached hydrogens (tertiary/aromatic N) is 3. The van der Waals surface area contributed by atoms with Gasteiger partial charge in [0.15, 0.2) is 21.6 Å². The van der Waals surface area contributed by atoms with Crippen molar-refractivity contribution < 1.29 is 12.9 Å². The fourth-order valence-corrected chi connectivity index (χ4v) is 2.75. The first-order valence-corrected chi connectivity index (χ1v) is 9.88. The molecule has 0 aliphatic rings. The minimum atomic E-state index is -3.16. The van der Waals surface area contributed by atoms with Gasteiger partial charge >= 0.3 is 0 Å². The lowest BCUT2D eigenvalue weighted by Gasteiger charge is -2.11. The van der Waals surface area contributed by atoms with E-state index in [9.17, 15) is 8.42 Å². The first kappa shape index (κ1) is 18.9. The summed E-state index contributed by atoms with van der Waals surface area (Å²) < 4.78 is 27.9. The fourth-order valence-electron chi connectivity index (χ4n) is 2.12. The van der Waals surface area contributed by atoms with Crippen LogP contribution in [0.15, 0.2) is 38.7 Å². The van der Waals surface area contributed by atoms with Crippen LogP contribution in [-0.4, -0.2) is 43.9 Å². The lowest BCUT2D eigenvalue weighted by molar-refractivity contribution is 0.376. The lowest BCUT2D eigenvalue weighted by Crippen LogP contribution is -2.38. The van der Waals surface area contributed by atoms with Crippen LogP contribution in [0.2, 0.25) is 0 Å². The number of aliphatic imine (C=N–C) groups is 1. The maximum absolute atomic E-state index is 11.5. The summed E-state index contributed by atoms with van der Waals surface area (Å²) >= 11 is 0. The van der Waals surface area contributed by atoms with Crippen LogP contribution in [0.5, 0.6) is 0 Å². The molecule has 1 aromatic heterocycles. The first-order valence-electron chi connectivity index (χ1n) is 7.99. The van der Waals surface area contributed by atoms with E-state index in [1.165, 1.54) is 6.26 Å². The lowest BCUT2D eigenvalue weighted by atomic mass is 10.1. The van der Waals surface area contributed by atoms with Crippen LogP contribution in [0, 0.1) is 6.92 Å². The summed E-state index contributed by atoms with van der Waals surface area (Å²) in [5.41, 5.74) is 1.04. The molecule has 1 heterocycles. The molecule has 8 nitrogen and oxygen atoms in total. The monoisotopic (exact) mass is 365 g/mol. The number of aromatic nitrogens is 2. The predicted octanol–water partition coefficient (Wildman–Crippen LogP) is 1.08. The number of sulfone groups is 1. The number of hydrogen-bond donors (Lipinski definition) is 2. The van der Waals surface area contributed by atoms with Gasteiger partial charge in [-0.15, -0.1) is 0 Å². The highest BCUT2D eigenvalue weighted by Crippen LogP contribution is 2.10. The highest BCUT2D eigenvalue weighted by molar-refractivity contribution is 7.90. The van der Waals surface area contributed by atoms with Gasteiger partial charge in [0.1, 0.15) is 6.54 Å². The second-order valence-corrected chi connectivity index (χ2v) is 7.54. The van der Waals surface area contributed by atoms with E-state index in [-0.39, 0.29) is 0 Å². The van der Waals surface area contributed by atoms with Crippen molar-refractivity contribution in [3.8, 4) is 0 Å². The minimum absolute atomic E-state index is 0.305.